The van der Waals surface area contributed by atoms with E-state index in [1.165, 1.54) is 6.07 Å². The third kappa shape index (κ3) is 1.72. The number of halogens is 1. The zero-order valence-corrected chi connectivity index (χ0v) is 8.16. The Hall–Kier alpha value is -1.12. The summed E-state index contributed by atoms with van der Waals surface area (Å²) in [6, 6.07) is 6.52. The predicted molar refractivity (Wildman–Crippen MR) is 55.4 cm³/mol. The normalized spacial score (nSPS) is 17.8. The maximum Gasteiger partial charge on any atom is 0.135 e. The van der Waals surface area contributed by atoms with Crippen LogP contribution in [0.25, 0.3) is 0 Å². The lowest BCUT2D eigenvalue weighted by Gasteiger charge is -2.10. The molecule has 0 heterocycles. The predicted octanol–water partition coefficient (Wildman–Crippen LogP) is 1.48. The number of ketones is 1. The average Bonchev–Trinajstić information content (AvgIpc) is 3.00. The van der Waals surface area contributed by atoms with Crippen molar-refractivity contribution in [3.05, 3.63) is 35.6 Å². The van der Waals surface area contributed by atoms with Gasteiger partial charge >= 0.3 is 0 Å². The van der Waals surface area contributed by atoms with Gasteiger partial charge in [0.1, 0.15) is 19.4 Å². The van der Waals surface area contributed by atoms with Gasteiger partial charge in [0.25, 0.3) is 0 Å². The molecule has 2 rings (SSSR count). The van der Waals surface area contributed by atoms with Gasteiger partial charge in [-0.15, -0.1) is 0 Å². The third-order valence-corrected chi connectivity index (χ3v) is 2.78. The molecule has 0 saturated heterocycles. The molecule has 1 aromatic carbocycles. The van der Waals surface area contributed by atoms with Gasteiger partial charge in [0, 0.05) is 11.7 Å². The molecular weight excluding hydrogens is 178 g/mol. The van der Waals surface area contributed by atoms with Crippen LogP contribution in [-0.4, -0.2) is 13.6 Å². The molecule has 1 saturated carbocycles. The Morgan fingerprint density at radius 2 is 2.07 bits per heavy atom. The van der Waals surface area contributed by atoms with Gasteiger partial charge in [-0.2, -0.15) is 0 Å². The second kappa shape index (κ2) is 3.56. The smallest absolute Gasteiger partial charge is 0.135 e. The molecule has 14 heavy (non-hydrogen) atoms. The van der Waals surface area contributed by atoms with Gasteiger partial charge < -0.3 is 0 Å². The summed E-state index contributed by atoms with van der Waals surface area (Å²) < 4.78 is 13.3. The van der Waals surface area contributed by atoms with E-state index in [9.17, 15) is 9.18 Å². The van der Waals surface area contributed by atoms with E-state index in [1.807, 2.05) is 0 Å². The molecule has 0 N–H and O–H groups in total. The summed E-state index contributed by atoms with van der Waals surface area (Å²) >= 11 is 0. The number of Topliss-reactive ketones (excluding diaryl/α,β-unsaturated/α-hetero) is 1. The molecule has 1 fully saturated rings. The molecule has 1 aliphatic rings. The van der Waals surface area contributed by atoms with Crippen molar-refractivity contribution < 1.29 is 9.18 Å². The van der Waals surface area contributed by atoms with Gasteiger partial charge in [-0.1, -0.05) is 18.2 Å². The van der Waals surface area contributed by atoms with Crippen LogP contribution < -0.4 is 0 Å². The SMILES string of the molecule is BC(C(=O)C1CC1)c1ccccc1F. The van der Waals surface area contributed by atoms with Crippen molar-refractivity contribution in [2.24, 2.45) is 5.92 Å². The minimum Gasteiger partial charge on any atom is -0.300 e. The monoisotopic (exact) mass is 190 g/mol. The molecule has 1 aromatic rings. The van der Waals surface area contributed by atoms with E-state index in [2.05, 4.69) is 0 Å². The lowest BCUT2D eigenvalue weighted by Crippen LogP contribution is -2.15. The number of rotatable bonds is 3. The standard InChI is InChI=1S/C11H12BFO/c12-10(11(14)7-5-6-7)8-3-1-2-4-9(8)13/h1-4,7,10H,5-6,12H2. The van der Waals surface area contributed by atoms with E-state index in [0.29, 0.717) is 5.56 Å². The first-order valence-electron chi connectivity index (χ1n) is 4.98. The highest BCUT2D eigenvalue weighted by atomic mass is 19.1. The molecule has 1 aliphatic carbocycles. The first-order chi connectivity index (χ1) is 6.70. The van der Waals surface area contributed by atoms with Gasteiger partial charge in [-0.25, -0.2) is 4.39 Å². The molecule has 3 heteroatoms. The maximum absolute atomic E-state index is 13.3. The lowest BCUT2D eigenvalue weighted by molar-refractivity contribution is -0.120. The molecule has 1 nitrogen and oxygen atoms in total. The fourth-order valence-corrected chi connectivity index (χ4v) is 1.70. The molecule has 0 aliphatic heterocycles. The summed E-state index contributed by atoms with van der Waals surface area (Å²) in [4.78, 5) is 11.7. The Bertz CT molecular complexity index is 360. The Balaban J connectivity index is 2.21. The van der Waals surface area contributed by atoms with E-state index >= 15 is 0 Å². The Morgan fingerprint density at radius 3 is 2.64 bits per heavy atom. The van der Waals surface area contributed by atoms with Crippen LogP contribution in [-0.2, 0) is 4.79 Å². The number of carbonyl (C=O) groups excluding carboxylic acids is 1. The van der Waals surface area contributed by atoms with Gasteiger partial charge in [0.2, 0.25) is 0 Å². The zero-order valence-electron chi connectivity index (χ0n) is 8.16. The van der Waals surface area contributed by atoms with E-state index in [-0.39, 0.29) is 23.3 Å². The highest BCUT2D eigenvalue weighted by Crippen LogP contribution is 2.34. The minimum atomic E-state index is -0.288. The van der Waals surface area contributed by atoms with E-state index in [0.717, 1.165) is 12.8 Å². The molecule has 1 atom stereocenters. The Morgan fingerprint density at radius 1 is 1.43 bits per heavy atom. The van der Waals surface area contributed by atoms with Crippen LogP contribution >= 0.6 is 0 Å². The summed E-state index contributed by atoms with van der Waals surface area (Å²) in [6.07, 6.45) is 1.97. The quantitative estimate of drug-likeness (QED) is 0.659. The molecular formula is C11H12BFO. The first kappa shape index (κ1) is 9.44. The van der Waals surface area contributed by atoms with E-state index < -0.39 is 0 Å². The van der Waals surface area contributed by atoms with Crippen LogP contribution in [0.2, 0.25) is 0 Å². The van der Waals surface area contributed by atoms with Gasteiger partial charge in [-0.05, 0) is 24.5 Å². The number of hydrogen-bond donors (Lipinski definition) is 0. The van der Waals surface area contributed by atoms with Crippen molar-refractivity contribution in [3.63, 3.8) is 0 Å². The lowest BCUT2D eigenvalue weighted by atomic mass is 9.76. The summed E-state index contributed by atoms with van der Waals surface area (Å²) in [5.41, 5.74) is 0.532. The number of benzene rings is 1. The van der Waals surface area contributed by atoms with Gasteiger partial charge in [0.15, 0.2) is 0 Å². The number of hydrogen-bond acceptors (Lipinski definition) is 1. The van der Waals surface area contributed by atoms with Crippen molar-refractivity contribution in [2.45, 2.75) is 18.7 Å². The fraction of sp³-hybridized carbons (Fsp3) is 0.364. The van der Waals surface area contributed by atoms with Crippen molar-refractivity contribution in [2.75, 3.05) is 0 Å². The topological polar surface area (TPSA) is 17.1 Å². The molecule has 0 spiro atoms. The van der Waals surface area contributed by atoms with Crippen molar-refractivity contribution in [1.29, 1.82) is 0 Å². The highest BCUT2D eigenvalue weighted by Gasteiger charge is 2.33. The molecule has 72 valence electrons. The van der Waals surface area contributed by atoms with E-state index in [4.69, 9.17) is 0 Å². The second-order valence-electron chi connectivity index (χ2n) is 3.92. The summed E-state index contributed by atoms with van der Waals surface area (Å²) in [5.74, 6) is -0.169. The van der Waals surface area contributed by atoms with Crippen molar-refractivity contribution >= 4 is 13.6 Å². The van der Waals surface area contributed by atoms with E-state index in [1.54, 1.807) is 26.0 Å². The van der Waals surface area contributed by atoms with Gasteiger partial charge in [-0.3, -0.25) is 4.79 Å². The van der Waals surface area contributed by atoms with Crippen LogP contribution in [0.1, 0.15) is 24.2 Å². The zero-order chi connectivity index (χ0) is 10.1. The average molecular weight is 190 g/mol. The first-order valence-corrected chi connectivity index (χ1v) is 4.98. The Kier molecular flexibility index (Phi) is 2.40. The molecule has 0 amide bonds. The third-order valence-electron chi connectivity index (χ3n) is 2.78. The fourth-order valence-electron chi connectivity index (χ4n) is 1.70. The van der Waals surface area contributed by atoms with Crippen LogP contribution in [0.4, 0.5) is 4.39 Å². The molecule has 0 radical (unpaired) electrons. The van der Waals surface area contributed by atoms with Gasteiger partial charge in [0.05, 0.1) is 0 Å². The minimum absolute atomic E-state index is 0.190. The largest absolute Gasteiger partial charge is 0.300 e. The van der Waals surface area contributed by atoms with Crippen molar-refractivity contribution in [3.8, 4) is 0 Å². The summed E-state index contributed by atoms with van der Waals surface area (Å²) in [7, 11) is 1.79. The van der Waals surface area contributed by atoms with Crippen LogP contribution in [0.15, 0.2) is 24.3 Å². The van der Waals surface area contributed by atoms with Crippen LogP contribution in [0.5, 0.6) is 0 Å². The summed E-state index contributed by atoms with van der Waals surface area (Å²) in [5, 5.41) is 0. The molecule has 0 bridgehead atoms. The molecule has 0 aromatic heterocycles. The van der Waals surface area contributed by atoms with Crippen LogP contribution in [0, 0.1) is 11.7 Å². The highest BCUT2D eigenvalue weighted by molar-refractivity contribution is 6.25. The summed E-state index contributed by atoms with van der Waals surface area (Å²) in [6.45, 7) is 0. The van der Waals surface area contributed by atoms with Crippen molar-refractivity contribution in [1.82, 2.24) is 0 Å². The van der Waals surface area contributed by atoms with Crippen LogP contribution in [0.3, 0.4) is 0 Å². The number of carbonyl (C=O) groups is 1. The Labute approximate surface area is 83.7 Å². The maximum atomic E-state index is 13.3. The molecule has 1 unspecified atom stereocenters. The second-order valence-corrected chi connectivity index (χ2v) is 3.92.